The predicted molar refractivity (Wildman–Crippen MR) is 74.4 cm³/mol. The normalized spacial score (nSPS) is 10.3. The quantitative estimate of drug-likeness (QED) is 0.832. The Morgan fingerprint density at radius 2 is 2.25 bits per heavy atom. The van der Waals surface area contributed by atoms with Gasteiger partial charge in [0.25, 0.3) is 0 Å². The molecule has 106 valence electrons. The van der Waals surface area contributed by atoms with Crippen LogP contribution in [0, 0.1) is 0 Å². The zero-order valence-corrected chi connectivity index (χ0v) is 11.8. The summed E-state index contributed by atoms with van der Waals surface area (Å²) in [5, 5.41) is 7.24. The summed E-state index contributed by atoms with van der Waals surface area (Å²) in [6.45, 7) is 2.82. The maximum absolute atomic E-state index is 11.6. The molecule has 0 aliphatic heterocycles. The molecule has 0 aromatic carbocycles. The van der Waals surface area contributed by atoms with Gasteiger partial charge < -0.3 is 10.1 Å². The molecule has 2 rings (SSSR count). The maximum atomic E-state index is 11.6. The van der Waals surface area contributed by atoms with Gasteiger partial charge in [0.05, 0.1) is 19.0 Å². The first-order chi connectivity index (χ1) is 9.63. The molecule has 0 atom stereocenters. The lowest BCUT2D eigenvalue weighted by Crippen LogP contribution is -2.11. The van der Waals surface area contributed by atoms with Gasteiger partial charge >= 0.3 is 5.97 Å². The third-order valence-electron chi connectivity index (χ3n) is 2.65. The molecule has 0 unspecified atom stereocenters. The van der Waals surface area contributed by atoms with Gasteiger partial charge in [-0.3, -0.25) is 4.68 Å². The van der Waals surface area contributed by atoms with Gasteiger partial charge in [-0.2, -0.15) is 5.10 Å². The number of anilines is 1. The standard InChI is InChI=1S/C13H17N5O2/c1-4-5-14-11-6-10(9-7-15-18(2)8-9)16-12(17-11)13(19)20-3/h6-8H,4-5H2,1-3H3,(H,14,16,17). The lowest BCUT2D eigenvalue weighted by Gasteiger charge is -2.07. The molecule has 2 aromatic heterocycles. The van der Waals surface area contributed by atoms with E-state index in [1.54, 1.807) is 16.9 Å². The molecule has 0 amide bonds. The minimum absolute atomic E-state index is 0.0347. The Morgan fingerprint density at radius 1 is 1.45 bits per heavy atom. The van der Waals surface area contributed by atoms with E-state index in [4.69, 9.17) is 0 Å². The number of esters is 1. The van der Waals surface area contributed by atoms with E-state index in [0.717, 1.165) is 18.5 Å². The second-order valence-corrected chi connectivity index (χ2v) is 4.28. The Labute approximate surface area is 117 Å². The summed E-state index contributed by atoms with van der Waals surface area (Å²) >= 11 is 0. The van der Waals surface area contributed by atoms with Gasteiger partial charge in [0.15, 0.2) is 0 Å². The molecular formula is C13H17N5O2. The molecule has 2 aromatic rings. The molecule has 0 radical (unpaired) electrons. The molecule has 7 nitrogen and oxygen atoms in total. The van der Waals surface area contributed by atoms with E-state index >= 15 is 0 Å². The minimum Gasteiger partial charge on any atom is -0.463 e. The molecule has 0 saturated heterocycles. The number of carbonyl (C=O) groups excluding carboxylic acids is 1. The Morgan fingerprint density at radius 3 is 2.85 bits per heavy atom. The third kappa shape index (κ3) is 3.11. The van der Waals surface area contributed by atoms with Gasteiger partial charge in [-0.1, -0.05) is 6.92 Å². The van der Waals surface area contributed by atoms with E-state index in [2.05, 4.69) is 32.0 Å². The first-order valence-electron chi connectivity index (χ1n) is 6.34. The van der Waals surface area contributed by atoms with Crippen LogP contribution in [-0.4, -0.2) is 39.4 Å². The van der Waals surface area contributed by atoms with E-state index < -0.39 is 5.97 Å². The number of nitrogens with zero attached hydrogens (tertiary/aromatic N) is 4. The SMILES string of the molecule is CCCNc1cc(-c2cnn(C)c2)nc(C(=O)OC)n1. The van der Waals surface area contributed by atoms with Gasteiger partial charge in [-0.05, 0) is 6.42 Å². The summed E-state index contributed by atoms with van der Waals surface area (Å²) in [7, 11) is 3.13. The van der Waals surface area contributed by atoms with Crippen LogP contribution in [0.5, 0.6) is 0 Å². The van der Waals surface area contributed by atoms with Crippen molar-refractivity contribution >= 4 is 11.8 Å². The number of nitrogens with one attached hydrogen (secondary N) is 1. The summed E-state index contributed by atoms with van der Waals surface area (Å²) in [5.74, 6) is 0.0730. The average molecular weight is 275 g/mol. The van der Waals surface area contributed by atoms with Crippen LogP contribution in [-0.2, 0) is 11.8 Å². The molecule has 2 heterocycles. The zero-order valence-electron chi connectivity index (χ0n) is 11.8. The van der Waals surface area contributed by atoms with E-state index in [0.29, 0.717) is 11.5 Å². The minimum atomic E-state index is -0.560. The molecule has 0 aliphatic carbocycles. The Hall–Kier alpha value is -2.44. The van der Waals surface area contributed by atoms with E-state index in [1.807, 2.05) is 13.2 Å². The largest absolute Gasteiger partial charge is 0.463 e. The van der Waals surface area contributed by atoms with Crippen LogP contribution in [0.1, 0.15) is 24.0 Å². The molecule has 0 spiro atoms. The average Bonchev–Trinajstić information content (AvgIpc) is 2.90. The maximum Gasteiger partial charge on any atom is 0.376 e. The topological polar surface area (TPSA) is 81.9 Å². The Balaban J connectivity index is 2.42. The summed E-state index contributed by atoms with van der Waals surface area (Å²) in [6.07, 6.45) is 4.47. The molecule has 0 saturated carbocycles. The number of aryl methyl sites for hydroxylation is 1. The molecule has 0 fully saturated rings. The fraction of sp³-hybridized carbons (Fsp3) is 0.385. The highest BCUT2D eigenvalue weighted by atomic mass is 16.5. The van der Waals surface area contributed by atoms with Crippen molar-refractivity contribution in [3.05, 3.63) is 24.3 Å². The van der Waals surface area contributed by atoms with E-state index in [1.165, 1.54) is 7.11 Å². The highest BCUT2D eigenvalue weighted by molar-refractivity contribution is 5.86. The van der Waals surface area contributed by atoms with Crippen LogP contribution in [0.4, 0.5) is 5.82 Å². The number of carbonyl (C=O) groups is 1. The lowest BCUT2D eigenvalue weighted by atomic mass is 10.2. The van der Waals surface area contributed by atoms with Crippen molar-refractivity contribution in [2.45, 2.75) is 13.3 Å². The van der Waals surface area contributed by atoms with Crippen molar-refractivity contribution in [1.82, 2.24) is 19.7 Å². The van der Waals surface area contributed by atoms with Gasteiger partial charge in [0.2, 0.25) is 5.82 Å². The number of methoxy groups -OCH3 is 1. The molecular weight excluding hydrogens is 258 g/mol. The smallest absolute Gasteiger partial charge is 0.376 e. The number of hydrogen-bond donors (Lipinski definition) is 1. The first-order valence-corrected chi connectivity index (χ1v) is 6.34. The highest BCUT2D eigenvalue weighted by Gasteiger charge is 2.14. The zero-order chi connectivity index (χ0) is 14.5. The van der Waals surface area contributed by atoms with Crippen molar-refractivity contribution < 1.29 is 9.53 Å². The second-order valence-electron chi connectivity index (χ2n) is 4.28. The van der Waals surface area contributed by atoms with Gasteiger partial charge in [-0.25, -0.2) is 14.8 Å². The Bertz CT molecular complexity index is 609. The van der Waals surface area contributed by atoms with E-state index in [9.17, 15) is 4.79 Å². The van der Waals surface area contributed by atoms with Crippen molar-refractivity contribution in [2.75, 3.05) is 19.0 Å². The molecule has 7 heteroatoms. The van der Waals surface area contributed by atoms with Gasteiger partial charge in [0, 0.05) is 31.4 Å². The molecule has 0 aliphatic rings. The van der Waals surface area contributed by atoms with Crippen LogP contribution in [0.25, 0.3) is 11.3 Å². The van der Waals surface area contributed by atoms with Crippen molar-refractivity contribution in [1.29, 1.82) is 0 Å². The second kappa shape index (κ2) is 6.14. The van der Waals surface area contributed by atoms with Crippen LogP contribution < -0.4 is 5.32 Å². The molecule has 1 N–H and O–H groups in total. The van der Waals surface area contributed by atoms with Gasteiger partial charge in [-0.15, -0.1) is 0 Å². The third-order valence-corrected chi connectivity index (χ3v) is 2.65. The number of aromatic nitrogens is 4. The van der Waals surface area contributed by atoms with Crippen LogP contribution in [0.3, 0.4) is 0 Å². The number of ether oxygens (including phenoxy) is 1. The summed E-state index contributed by atoms with van der Waals surface area (Å²) in [5.41, 5.74) is 1.45. The highest BCUT2D eigenvalue weighted by Crippen LogP contribution is 2.19. The summed E-state index contributed by atoms with van der Waals surface area (Å²) < 4.78 is 6.35. The fourth-order valence-electron chi connectivity index (χ4n) is 1.67. The molecule has 20 heavy (non-hydrogen) atoms. The van der Waals surface area contributed by atoms with Crippen molar-refractivity contribution in [3.8, 4) is 11.3 Å². The fourth-order valence-corrected chi connectivity index (χ4v) is 1.67. The first kappa shape index (κ1) is 14.0. The van der Waals surface area contributed by atoms with Crippen LogP contribution in [0.15, 0.2) is 18.5 Å². The van der Waals surface area contributed by atoms with E-state index in [-0.39, 0.29) is 5.82 Å². The molecule has 0 bridgehead atoms. The monoisotopic (exact) mass is 275 g/mol. The van der Waals surface area contributed by atoms with Crippen LogP contribution >= 0.6 is 0 Å². The lowest BCUT2D eigenvalue weighted by molar-refractivity contribution is 0.0587. The van der Waals surface area contributed by atoms with Crippen LogP contribution in [0.2, 0.25) is 0 Å². The summed E-state index contributed by atoms with van der Waals surface area (Å²) in [6, 6.07) is 1.79. The van der Waals surface area contributed by atoms with Crippen molar-refractivity contribution in [2.24, 2.45) is 7.05 Å². The number of rotatable bonds is 5. The predicted octanol–water partition coefficient (Wildman–Crippen LogP) is 1.49. The number of hydrogen-bond acceptors (Lipinski definition) is 6. The Kier molecular flexibility index (Phi) is 4.29. The van der Waals surface area contributed by atoms with Gasteiger partial charge in [0.1, 0.15) is 5.82 Å². The summed E-state index contributed by atoms with van der Waals surface area (Å²) in [4.78, 5) is 20.0. The van der Waals surface area contributed by atoms with Crippen molar-refractivity contribution in [3.63, 3.8) is 0 Å².